The topological polar surface area (TPSA) is 63.3 Å². The van der Waals surface area contributed by atoms with Crippen LogP contribution in [-0.2, 0) is 4.79 Å². The molecular formula is C24H41NO2. The van der Waals surface area contributed by atoms with E-state index >= 15 is 0 Å². The second-order valence-corrected chi connectivity index (χ2v) is 7.93. The van der Waals surface area contributed by atoms with Crippen LogP contribution in [0.2, 0.25) is 0 Å². The molecule has 0 radical (unpaired) electrons. The molecule has 27 heavy (non-hydrogen) atoms. The number of hydrogen-bond acceptors (Lipinski definition) is 2. The molecule has 154 valence electrons. The molecule has 1 atom stereocenters. The van der Waals surface area contributed by atoms with Crippen molar-refractivity contribution in [2.24, 2.45) is 5.73 Å². The van der Waals surface area contributed by atoms with E-state index in [9.17, 15) is 9.90 Å². The molecule has 1 aromatic rings. The first kappa shape index (κ1) is 23.5. The first-order valence-corrected chi connectivity index (χ1v) is 11.2. The van der Waals surface area contributed by atoms with E-state index in [1.54, 1.807) is 24.3 Å². The van der Waals surface area contributed by atoms with Crippen LogP contribution in [0.1, 0.15) is 115 Å². The zero-order chi connectivity index (χ0) is 19.7. The molecule has 3 nitrogen and oxygen atoms in total. The highest BCUT2D eigenvalue weighted by molar-refractivity contribution is 5.81. The fraction of sp³-hybridized carbons (Fsp3) is 0.708. The van der Waals surface area contributed by atoms with Crippen molar-refractivity contribution in [1.29, 1.82) is 0 Å². The van der Waals surface area contributed by atoms with Gasteiger partial charge in [0.2, 0.25) is 5.91 Å². The lowest BCUT2D eigenvalue weighted by molar-refractivity contribution is -0.119. The van der Waals surface area contributed by atoms with Gasteiger partial charge in [-0.3, -0.25) is 4.79 Å². The van der Waals surface area contributed by atoms with Crippen LogP contribution in [0.15, 0.2) is 24.3 Å². The van der Waals surface area contributed by atoms with Gasteiger partial charge in [0.15, 0.2) is 0 Å². The summed E-state index contributed by atoms with van der Waals surface area (Å²) in [6.45, 7) is 2.27. The molecule has 0 aliphatic heterocycles. The third kappa shape index (κ3) is 11.7. The maximum atomic E-state index is 11.7. The predicted molar refractivity (Wildman–Crippen MR) is 115 cm³/mol. The molecular weight excluding hydrogens is 334 g/mol. The highest BCUT2D eigenvalue weighted by Crippen LogP contribution is 2.24. The third-order valence-corrected chi connectivity index (χ3v) is 5.49. The van der Waals surface area contributed by atoms with Gasteiger partial charge in [-0.25, -0.2) is 0 Å². The van der Waals surface area contributed by atoms with E-state index in [-0.39, 0.29) is 17.6 Å². The lowest BCUT2D eigenvalue weighted by Gasteiger charge is -2.13. The Balaban J connectivity index is 1.98. The lowest BCUT2D eigenvalue weighted by atomic mass is 9.92. The summed E-state index contributed by atoms with van der Waals surface area (Å²) in [5.41, 5.74) is 6.47. The monoisotopic (exact) mass is 375 g/mol. The van der Waals surface area contributed by atoms with Gasteiger partial charge in [-0.05, 0) is 24.1 Å². The van der Waals surface area contributed by atoms with E-state index in [0.29, 0.717) is 0 Å². The van der Waals surface area contributed by atoms with Gasteiger partial charge in [0.25, 0.3) is 0 Å². The van der Waals surface area contributed by atoms with Crippen molar-refractivity contribution in [3.63, 3.8) is 0 Å². The number of carbonyl (C=O) groups excluding carboxylic acids is 1. The van der Waals surface area contributed by atoms with Crippen molar-refractivity contribution < 1.29 is 9.90 Å². The summed E-state index contributed by atoms with van der Waals surface area (Å²) in [6.07, 6.45) is 19.5. The average Bonchev–Trinajstić information content (AvgIpc) is 2.66. The highest BCUT2D eigenvalue weighted by atomic mass is 16.3. The summed E-state index contributed by atoms with van der Waals surface area (Å²) < 4.78 is 0. The van der Waals surface area contributed by atoms with Crippen LogP contribution >= 0.6 is 0 Å². The normalized spacial score (nSPS) is 12.2. The minimum Gasteiger partial charge on any atom is -0.508 e. The van der Waals surface area contributed by atoms with E-state index < -0.39 is 0 Å². The van der Waals surface area contributed by atoms with Gasteiger partial charge in [0, 0.05) is 0 Å². The van der Waals surface area contributed by atoms with Crippen LogP contribution in [0.5, 0.6) is 5.75 Å². The maximum Gasteiger partial charge on any atom is 0.224 e. The molecule has 1 amide bonds. The van der Waals surface area contributed by atoms with Crippen molar-refractivity contribution in [1.82, 2.24) is 0 Å². The molecule has 0 saturated heterocycles. The van der Waals surface area contributed by atoms with Crippen LogP contribution in [0.4, 0.5) is 0 Å². The van der Waals surface area contributed by atoms with Crippen LogP contribution in [-0.4, -0.2) is 11.0 Å². The average molecular weight is 376 g/mol. The Morgan fingerprint density at radius 3 is 1.59 bits per heavy atom. The van der Waals surface area contributed by atoms with E-state index in [0.717, 1.165) is 18.4 Å². The number of benzene rings is 1. The number of unbranched alkanes of at least 4 members (excludes halogenated alkanes) is 13. The molecule has 0 aliphatic carbocycles. The minimum atomic E-state index is -0.268. The summed E-state index contributed by atoms with van der Waals surface area (Å²) >= 11 is 0. The van der Waals surface area contributed by atoms with Gasteiger partial charge in [-0.2, -0.15) is 0 Å². The van der Waals surface area contributed by atoms with Crippen molar-refractivity contribution >= 4 is 5.91 Å². The molecule has 1 unspecified atom stereocenters. The van der Waals surface area contributed by atoms with Crippen LogP contribution in [0.25, 0.3) is 0 Å². The third-order valence-electron chi connectivity index (χ3n) is 5.49. The quantitative estimate of drug-likeness (QED) is 0.293. The molecule has 0 heterocycles. The van der Waals surface area contributed by atoms with Crippen molar-refractivity contribution in [2.45, 2.75) is 109 Å². The molecule has 0 aromatic heterocycles. The SMILES string of the molecule is CCCCCCCCCCCCCCCCC(C(N)=O)c1ccc(O)cc1. The maximum absolute atomic E-state index is 11.7. The van der Waals surface area contributed by atoms with E-state index in [1.165, 1.54) is 83.5 Å². The fourth-order valence-corrected chi connectivity index (χ4v) is 3.72. The van der Waals surface area contributed by atoms with E-state index in [2.05, 4.69) is 6.92 Å². The van der Waals surface area contributed by atoms with Crippen molar-refractivity contribution in [3.05, 3.63) is 29.8 Å². The predicted octanol–water partition coefficient (Wildman–Crippen LogP) is 6.83. The van der Waals surface area contributed by atoms with Gasteiger partial charge < -0.3 is 10.8 Å². The first-order valence-electron chi connectivity index (χ1n) is 11.2. The smallest absolute Gasteiger partial charge is 0.224 e. The largest absolute Gasteiger partial charge is 0.508 e. The Labute approximate surface area is 166 Å². The molecule has 0 spiro atoms. The number of carbonyl (C=O) groups is 1. The molecule has 0 bridgehead atoms. The van der Waals surface area contributed by atoms with E-state index in [4.69, 9.17) is 5.73 Å². The molecule has 3 N–H and O–H groups in total. The molecule has 3 heteroatoms. The number of primary amides is 1. The summed E-state index contributed by atoms with van der Waals surface area (Å²) in [6, 6.07) is 6.84. The first-order chi connectivity index (χ1) is 13.1. The van der Waals surface area contributed by atoms with Gasteiger partial charge >= 0.3 is 0 Å². The summed E-state index contributed by atoms with van der Waals surface area (Å²) in [7, 11) is 0. The van der Waals surface area contributed by atoms with Gasteiger partial charge in [-0.1, -0.05) is 109 Å². The molecule has 1 aromatic carbocycles. The lowest BCUT2D eigenvalue weighted by Crippen LogP contribution is -2.21. The number of aromatic hydroxyl groups is 1. The van der Waals surface area contributed by atoms with Crippen molar-refractivity contribution in [2.75, 3.05) is 0 Å². The minimum absolute atomic E-state index is 0.221. The van der Waals surface area contributed by atoms with Gasteiger partial charge in [0.1, 0.15) is 5.75 Å². The number of phenols is 1. The van der Waals surface area contributed by atoms with E-state index in [1.807, 2.05) is 0 Å². The summed E-state index contributed by atoms with van der Waals surface area (Å²) in [4.78, 5) is 11.7. The Morgan fingerprint density at radius 1 is 0.778 bits per heavy atom. The number of phenolic OH excluding ortho intramolecular Hbond substituents is 1. The zero-order valence-corrected chi connectivity index (χ0v) is 17.4. The molecule has 0 aliphatic rings. The molecule has 0 saturated carbocycles. The Bertz CT molecular complexity index is 484. The Morgan fingerprint density at radius 2 is 1.19 bits per heavy atom. The number of rotatable bonds is 17. The number of nitrogens with two attached hydrogens (primary N) is 1. The van der Waals surface area contributed by atoms with Gasteiger partial charge in [0.05, 0.1) is 5.92 Å². The fourth-order valence-electron chi connectivity index (χ4n) is 3.72. The van der Waals surface area contributed by atoms with Crippen molar-refractivity contribution in [3.8, 4) is 5.75 Å². The number of hydrogen-bond donors (Lipinski definition) is 2. The van der Waals surface area contributed by atoms with Gasteiger partial charge in [-0.15, -0.1) is 0 Å². The van der Waals surface area contributed by atoms with Crippen LogP contribution in [0.3, 0.4) is 0 Å². The number of amides is 1. The summed E-state index contributed by atoms with van der Waals surface area (Å²) in [5, 5.41) is 9.37. The molecule has 1 rings (SSSR count). The highest BCUT2D eigenvalue weighted by Gasteiger charge is 2.17. The van der Waals surface area contributed by atoms with Crippen LogP contribution in [0, 0.1) is 0 Å². The summed E-state index contributed by atoms with van der Waals surface area (Å²) in [5.74, 6) is -0.281. The van der Waals surface area contributed by atoms with Crippen LogP contribution < -0.4 is 5.73 Å². The standard InChI is InChI=1S/C24H41NO2/c1-2-3-4-5-6-7-8-9-10-11-12-13-14-15-16-23(24(25)27)21-17-19-22(26)20-18-21/h17-20,23,26H,2-16H2,1H3,(H2,25,27). The Kier molecular flexibility index (Phi) is 13.5. The Hall–Kier alpha value is -1.51. The second-order valence-electron chi connectivity index (χ2n) is 7.93. The zero-order valence-electron chi connectivity index (χ0n) is 17.4. The second kappa shape index (κ2) is 15.5. The molecule has 0 fully saturated rings.